The predicted octanol–water partition coefficient (Wildman–Crippen LogP) is 0.658. The first-order valence-electron chi connectivity index (χ1n) is 8.18. The third-order valence-corrected chi connectivity index (χ3v) is 4.29. The molecule has 3 rings (SSSR count). The highest BCUT2D eigenvalue weighted by atomic mass is 16.5. The topological polar surface area (TPSA) is 67.6 Å². The molecule has 1 fully saturated rings. The smallest absolute Gasteiger partial charge is 0.193 e. The largest absolute Gasteiger partial charge is 0.379 e. The van der Waals surface area contributed by atoms with Crippen molar-refractivity contribution < 1.29 is 4.74 Å². The Morgan fingerprint density at radius 1 is 1.45 bits per heavy atom. The van der Waals surface area contributed by atoms with Crippen molar-refractivity contribution in [2.45, 2.75) is 38.8 Å². The zero-order valence-corrected chi connectivity index (χ0v) is 13.6. The number of hydrogen-bond donors (Lipinski definition) is 1. The number of nitrogens with zero attached hydrogens (tertiary/aromatic N) is 5. The highest BCUT2D eigenvalue weighted by Gasteiger charge is 2.21. The van der Waals surface area contributed by atoms with Gasteiger partial charge in [0, 0.05) is 40.2 Å². The Hall–Kier alpha value is -1.63. The standard InChI is InChI=1S/C15H26N6O/c1-16-15(20(2)8-9-22-11-12-5-6-12)17-10-14-19-18-13-4-3-7-21(13)14/h12H,3-11H2,1-2H3,(H,16,17). The van der Waals surface area contributed by atoms with E-state index in [1.165, 1.54) is 19.3 Å². The van der Waals surface area contributed by atoms with Crippen LogP contribution in [0.1, 0.15) is 30.9 Å². The molecule has 1 aromatic heterocycles. The van der Waals surface area contributed by atoms with Crippen molar-refractivity contribution in [1.82, 2.24) is 25.0 Å². The Morgan fingerprint density at radius 2 is 2.32 bits per heavy atom. The second kappa shape index (κ2) is 7.09. The molecule has 0 bridgehead atoms. The van der Waals surface area contributed by atoms with Crippen LogP contribution < -0.4 is 5.32 Å². The maximum atomic E-state index is 5.68. The fourth-order valence-electron chi connectivity index (χ4n) is 2.73. The molecule has 7 heteroatoms. The van der Waals surface area contributed by atoms with Gasteiger partial charge in [-0.1, -0.05) is 0 Å². The highest BCUT2D eigenvalue weighted by molar-refractivity contribution is 5.79. The Morgan fingerprint density at radius 3 is 3.09 bits per heavy atom. The minimum absolute atomic E-state index is 0.660. The van der Waals surface area contributed by atoms with Gasteiger partial charge in [-0.2, -0.15) is 0 Å². The normalized spacial score (nSPS) is 17.6. The quantitative estimate of drug-likeness (QED) is 0.455. The van der Waals surface area contributed by atoms with Gasteiger partial charge in [0.1, 0.15) is 5.82 Å². The zero-order chi connectivity index (χ0) is 15.4. The number of guanidine groups is 1. The summed E-state index contributed by atoms with van der Waals surface area (Å²) in [5, 5.41) is 11.8. The molecule has 122 valence electrons. The number of fused-ring (bicyclic) bond motifs is 1. The van der Waals surface area contributed by atoms with Crippen molar-refractivity contribution in [3.05, 3.63) is 11.6 Å². The van der Waals surface area contributed by atoms with Crippen LogP contribution in [0.4, 0.5) is 0 Å². The summed E-state index contributed by atoms with van der Waals surface area (Å²) in [6.07, 6.45) is 4.88. The van der Waals surface area contributed by atoms with E-state index in [2.05, 4.69) is 30.0 Å². The summed E-state index contributed by atoms with van der Waals surface area (Å²) in [5.74, 6) is 3.78. The maximum Gasteiger partial charge on any atom is 0.193 e. The number of aliphatic imine (C=N–C) groups is 1. The van der Waals surface area contributed by atoms with Crippen LogP contribution in [0.25, 0.3) is 0 Å². The molecule has 1 aliphatic heterocycles. The summed E-state index contributed by atoms with van der Waals surface area (Å²) in [6.45, 7) is 4.18. The van der Waals surface area contributed by atoms with Crippen molar-refractivity contribution >= 4 is 5.96 Å². The predicted molar refractivity (Wildman–Crippen MR) is 84.7 cm³/mol. The van der Waals surface area contributed by atoms with Gasteiger partial charge in [0.25, 0.3) is 0 Å². The molecule has 2 aliphatic rings. The molecule has 1 N–H and O–H groups in total. The van der Waals surface area contributed by atoms with Gasteiger partial charge in [-0.05, 0) is 25.2 Å². The van der Waals surface area contributed by atoms with E-state index in [4.69, 9.17) is 4.74 Å². The molecule has 22 heavy (non-hydrogen) atoms. The number of ether oxygens (including phenoxy) is 1. The van der Waals surface area contributed by atoms with Crippen molar-refractivity contribution in [1.29, 1.82) is 0 Å². The van der Waals surface area contributed by atoms with E-state index >= 15 is 0 Å². The molecular formula is C15H26N6O. The molecule has 1 aliphatic carbocycles. The van der Waals surface area contributed by atoms with Crippen molar-refractivity contribution in [2.75, 3.05) is 33.9 Å². The van der Waals surface area contributed by atoms with Crippen LogP contribution in [0.3, 0.4) is 0 Å². The molecule has 0 atom stereocenters. The molecule has 7 nitrogen and oxygen atoms in total. The number of hydrogen-bond acceptors (Lipinski definition) is 4. The lowest BCUT2D eigenvalue weighted by Gasteiger charge is -2.21. The SMILES string of the molecule is CN=C(NCc1nnc2n1CCC2)N(C)CCOCC1CC1. The maximum absolute atomic E-state index is 5.68. The van der Waals surface area contributed by atoms with Crippen molar-refractivity contribution in [3.8, 4) is 0 Å². The fraction of sp³-hybridized carbons (Fsp3) is 0.800. The van der Waals surface area contributed by atoms with Crippen molar-refractivity contribution in [2.24, 2.45) is 10.9 Å². The summed E-state index contributed by atoms with van der Waals surface area (Å²) in [4.78, 5) is 6.42. The monoisotopic (exact) mass is 306 g/mol. The number of aryl methyl sites for hydroxylation is 1. The van der Waals surface area contributed by atoms with Crippen LogP contribution in [0.5, 0.6) is 0 Å². The highest BCUT2D eigenvalue weighted by Crippen LogP contribution is 2.28. The number of rotatable bonds is 7. The van der Waals surface area contributed by atoms with E-state index in [-0.39, 0.29) is 0 Å². The van der Waals surface area contributed by atoms with Crippen LogP contribution in [0.2, 0.25) is 0 Å². The van der Waals surface area contributed by atoms with E-state index in [9.17, 15) is 0 Å². The Bertz CT molecular complexity index is 522. The second-order valence-corrected chi connectivity index (χ2v) is 6.13. The molecule has 2 heterocycles. The Labute approximate surface area is 131 Å². The van der Waals surface area contributed by atoms with Gasteiger partial charge in [-0.15, -0.1) is 10.2 Å². The molecule has 0 spiro atoms. The lowest BCUT2D eigenvalue weighted by molar-refractivity contribution is 0.115. The fourth-order valence-corrected chi connectivity index (χ4v) is 2.73. The van der Waals surface area contributed by atoms with Gasteiger partial charge in [0.05, 0.1) is 13.2 Å². The van der Waals surface area contributed by atoms with Crippen LogP contribution in [0.15, 0.2) is 4.99 Å². The first kappa shape index (κ1) is 15.3. The third kappa shape index (κ3) is 3.76. The van der Waals surface area contributed by atoms with E-state index in [0.29, 0.717) is 6.54 Å². The summed E-state index contributed by atoms with van der Waals surface area (Å²) in [5.41, 5.74) is 0. The average molecular weight is 306 g/mol. The van der Waals surface area contributed by atoms with E-state index < -0.39 is 0 Å². The van der Waals surface area contributed by atoms with E-state index in [1.54, 1.807) is 7.05 Å². The molecule has 0 radical (unpaired) electrons. The van der Waals surface area contributed by atoms with Gasteiger partial charge < -0.3 is 19.5 Å². The third-order valence-electron chi connectivity index (χ3n) is 4.29. The van der Waals surface area contributed by atoms with E-state index in [0.717, 1.165) is 56.3 Å². The minimum Gasteiger partial charge on any atom is -0.379 e. The summed E-state index contributed by atoms with van der Waals surface area (Å²) in [6, 6.07) is 0. The number of nitrogens with one attached hydrogen (secondary N) is 1. The van der Waals surface area contributed by atoms with Gasteiger partial charge in [0.15, 0.2) is 11.8 Å². The molecule has 0 amide bonds. The van der Waals surface area contributed by atoms with Crippen LogP contribution in [-0.4, -0.2) is 59.5 Å². The average Bonchev–Trinajstić information content (AvgIpc) is 3.08. The second-order valence-electron chi connectivity index (χ2n) is 6.13. The Balaban J connectivity index is 1.42. The van der Waals surface area contributed by atoms with Gasteiger partial charge in [0.2, 0.25) is 0 Å². The molecule has 1 saturated carbocycles. The van der Waals surface area contributed by atoms with Crippen LogP contribution in [0, 0.1) is 5.92 Å². The van der Waals surface area contributed by atoms with Crippen LogP contribution >= 0.6 is 0 Å². The first-order valence-corrected chi connectivity index (χ1v) is 8.18. The van der Waals surface area contributed by atoms with E-state index in [1.807, 2.05) is 7.05 Å². The molecule has 0 saturated heterocycles. The number of likely N-dealkylation sites (N-methyl/N-ethyl adjacent to an activating group) is 1. The summed E-state index contributed by atoms with van der Waals surface area (Å²) >= 11 is 0. The summed E-state index contributed by atoms with van der Waals surface area (Å²) in [7, 11) is 3.84. The van der Waals surface area contributed by atoms with Crippen molar-refractivity contribution in [3.63, 3.8) is 0 Å². The molecule has 1 aromatic rings. The molecular weight excluding hydrogens is 280 g/mol. The van der Waals surface area contributed by atoms with Crippen LogP contribution in [-0.2, 0) is 24.2 Å². The number of aromatic nitrogens is 3. The Kier molecular flexibility index (Phi) is 4.92. The minimum atomic E-state index is 0.660. The summed E-state index contributed by atoms with van der Waals surface area (Å²) < 4.78 is 7.89. The zero-order valence-electron chi connectivity index (χ0n) is 13.6. The molecule has 0 unspecified atom stereocenters. The van der Waals surface area contributed by atoms with Gasteiger partial charge in [-0.3, -0.25) is 4.99 Å². The lowest BCUT2D eigenvalue weighted by Crippen LogP contribution is -2.40. The molecule has 0 aromatic carbocycles. The lowest BCUT2D eigenvalue weighted by atomic mass is 10.4. The first-order chi connectivity index (χ1) is 10.8. The van der Waals surface area contributed by atoms with Gasteiger partial charge in [-0.25, -0.2) is 0 Å². The van der Waals surface area contributed by atoms with Gasteiger partial charge >= 0.3 is 0 Å².